The predicted molar refractivity (Wildman–Crippen MR) is 35.3 cm³/mol. The van der Waals surface area contributed by atoms with Gasteiger partial charge in [-0.3, -0.25) is 0 Å². The molecule has 8 spiro atoms. The molecule has 13 fully saturated rings. The molecule has 0 amide bonds. The number of hydrogen-bond acceptors (Lipinski definition) is 28. The van der Waals surface area contributed by atoms with Crippen LogP contribution in [0.3, 0.4) is 0 Å². The summed E-state index contributed by atoms with van der Waals surface area (Å²) in [6, 6.07) is 0. The van der Waals surface area contributed by atoms with Crippen molar-refractivity contribution in [1.82, 2.24) is 0 Å². The third kappa shape index (κ3) is 3.71. The normalized spacial score (nSPS) is 58.7. The summed E-state index contributed by atoms with van der Waals surface area (Å²) in [6.07, 6.45) is 0. The van der Waals surface area contributed by atoms with Gasteiger partial charge >= 0.3 is 249 Å². The Bertz CT molecular complexity index is 2220. The standard InChI is InChI=1S/4H2O.28O.10W/h4*1H2;;;;;;;;;;;;;;;;;;;;;;;;;;;;;;;;;;;;;;/q;;;;;;;;;;;;;;;;;;;;;;;;;;;;;;;;;;;;;;;;2*+2/p-4. The zero-order valence-electron chi connectivity index (χ0n) is 17.3. The fourth-order valence-corrected chi connectivity index (χ4v) is 508. The van der Waals surface area contributed by atoms with Crippen molar-refractivity contribution in [2.75, 3.05) is 0 Å². The Labute approximate surface area is 243 Å². The van der Waals surface area contributed by atoms with Crippen molar-refractivity contribution in [3.63, 3.8) is 0 Å². The maximum atomic E-state index is 14.5. The molecule has 0 unspecified atom stereocenters. The van der Waals surface area contributed by atoms with E-state index in [0.29, 0.717) is 0 Å². The summed E-state index contributed by atoms with van der Waals surface area (Å²) in [4.78, 5) is 0. The van der Waals surface area contributed by atoms with E-state index in [4.69, 9.17) is 0 Å². The molecule has 0 aliphatic carbocycles. The molecular formula is H4O32W10. The minimum absolute atomic E-state index is 3.39. The van der Waals surface area contributed by atoms with Crippen molar-refractivity contribution in [3.8, 4) is 0 Å². The van der Waals surface area contributed by atoms with E-state index >= 15 is 0 Å². The third-order valence-corrected chi connectivity index (χ3v) is 269. The molecule has 0 aromatic rings. The molecule has 13 heterocycles. The first-order chi connectivity index (χ1) is 17.6. The molecule has 42 heteroatoms. The Morgan fingerprint density at radius 3 is 0.476 bits per heavy atom. The molecule has 0 aromatic heterocycles. The van der Waals surface area contributed by atoms with Crippen molar-refractivity contribution in [2.24, 2.45) is 0 Å². The second-order valence-electron chi connectivity index (χ2n) is 8.13. The van der Waals surface area contributed by atoms with Gasteiger partial charge in [-0.1, -0.05) is 0 Å². The van der Waals surface area contributed by atoms with Gasteiger partial charge in [0.05, 0.1) is 0 Å². The van der Waals surface area contributed by atoms with E-state index in [9.17, 15) is 49.0 Å². The van der Waals surface area contributed by atoms with Crippen LogP contribution in [-0.2, 0) is 234 Å². The SMILES string of the molecule is [O]=[W]1([OH])([OH])[O][W](=[O])([OH])([OH])[O][W]23(=[O])[O][W]4(=[O])([O]1)[O][W]15(=[O])[O][W]6(=[O])([O]2)[O][W]2(=[O])([O]3)[O][W](=[O])([O]6)([O]2)[O][W]2(=[O])([O]1)[O][W](=[O])([O]4)([O]5)[O]2. The van der Waals surface area contributed by atoms with Gasteiger partial charge in [-0.15, -0.1) is 0 Å². The van der Waals surface area contributed by atoms with E-state index in [2.05, 4.69) is 36.8 Å². The molecule has 0 aromatic carbocycles. The zero-order valence-corrected chi connectivity index (χ0v) is 46.6. The van der Waals surface area contributed by atoms with Gasteiger partial charge in [0.25, 0.3) is 0 Å². The van der Waals surface area contributed by atoms with Crippen LogP contribution in [0.4, 0.5) is 0 Å². The Hall–Kier alpha value is 4.00. The molecule has 13 aliphatic heterocycles. The average Bonchev–Trinajstić information content (AvgIpc) is 2.29. The van der Waals surface area contributed by atoms with Gasteiger partial charge in [-0.2, -0.15) is 0 Å². The number of hydrogen-bond donors (Lipinski definition) is 4. The Kier molecular flexibility index (Phi) is 4.45. The summed E-state index contributed by atoms with van der Waals surface area (Å²) in [7, 11) is 0. The van der Waals surface area contributed by atoms with Gasteiger partial charge in [0.15, 0.2) is 0 Å². The molecule has 13 rings (SSSR count). The molecule has 0 radical (unpaired) electrons. The summed E-state index contributed by atoms with van der Waals surface area (Å²) >= 11 is -95.5. The quantitative estimate of drug-likeness (QED) is 0.177. The topological polar surface area (TPSA) is 418 Å². The van der Waals surface area contributed by atoms with Crippen molar-refractivity contribution in [2.45, 2.75) is 0 Å². The fourth-order valence-electron chi connectivity index (χ4n) is 3.83. The van der Waals surface area contributed by atoms with Crippen LogP contribution >= 0.6 is 0 Å². The Morgan fingerprint density at radius 2 is 0.333 bits per heavy atom. The minimum atomic E-state index is -10.3. The fraction of sp³-hybridized carbons (Fsp3) is 0. The second kappa shape index (κ2) is 5.85. The van der Waals surface area contributed by atoms with Crippen LogP contribution in [-0.4, -0.2) is 15.0 Å². The van der Waals surface area contributed by atoms with Crippen LogP contribution in [0.25, 0.3) is 0 Å². The molecular weight excluding hydrogens is 2350 g/mol. The van der Waals surface area contributed by atoms with E-state index in [1.165, 1.54) is 0 Å². The van der Waals surface area contributed by atoms with E-state index in [1.807, 2.05) is 0 Å². The van der Waals surface area contributed by atoms with Crippen molar-refractivity contribution in [3.05, 3.63) is 0 Å². The first-order valence-corrected chi connectivity index (χ1v) is 68.7. The van der Waals surface area contributed by atoms with Gasteiger partial charge in [0.2, 0.25) is 0 Å². The summed E-state index contributed by atoms with van der Waals surface area (Å²) in [6.45, 7) is 0. The van der Waals surface area contributed by atoms with Crippen molar-refractivity contribution in [1.29, 1.82) is 0 Å². The molecule has 8 bridgehead atoms. The summed E-state index contributed by atoms with van der Waals surface area (Å²) in [5.41, 5.74) is 0. The molecule has 42 heavy (non-hydrogen) atoms. The second-order valence-corrected chi connectivity index (χ2v) is 139. The van der Waals surface area contributed by atoms with Crippen molar-refractivity contribution >= 4 is 0 Å². The van der Waals surface area contributed by atoms with Crippen LogP contribution in [0.1, 0.15) is 0 Å². The summed E-state index contributed by atoms with van der Waals surface area (Å²) in [5.74, 6) is 0. The molecule has 32 nitrogen and oxygen atoms in total. The Morgan fingerprint density at radius 1 is 0.214 bits per heavy atom. The van der Waals surface area contributed by atoms with E-state index in [1.54, 1.807) is 0 Å². The van der Waals surface area contributed by atoms with Gasteiger partial charge in [0, 0.05) is 0 Å². The van der Waals surface area contributed by atoms with Gasteiger partial charge in [-0.05, 0) is 0 Å². The molecule has 0 saturated carbocycles. The predicted octanol–water partition coefficient (Wildman–Crippen LogP) is -4.67. The van der Waals surface area contributed by atoms with E-state index in [0.717, 1.165) is 0 Å². The zero-order chi connectivity index (χ0) is 31.2. The van der Waals surface area contributed by atoms with E-state index in [-0.39, 0.29) is 0 Å². The van der Waals surface area contributed by atoms with Crippen LogP contribution in [0.15, 0.2) is 0 Å². The summed E-state index contributed by atoms with van der Waals surface area (Å²) < 4.78 is 256. The van der Waals surface area contributed by atoms with Crippen LogP contribution in [0.2, 0.25) is 0 Å². The monoisotopic (exact) mass is 2360 g/mol. The first kappa shape index (κ1) is 31.9. The third-order valence-electron chi connectivity index (χ3n) is 4.02. The summed E-state index contributed by atoms with van der Waals surface area (Å²) in [5, 5.41) is 0. The van der Waals surface area contributed by atoms with Gasteiger partial charge < -0.3 is 0 Å². The van der Waals surface area contributed by atoms with Gasteiger partial charge in [-0.25, -0.2) is 0 Å². The molecule has 13 saturated heterocycles. The average molecular weight is 2350 g/mol. The van der Waals surface area contributed by atoms with E-state index < -0.39 is 163 Å². The van der Waals surface area contributed by atoms with Crippen LogP contribution in [0.5, 0.6) is 0 Å². The molecule has 13 aliphatic rings. The first-order valence-electron chi connectivity index (χ1n) is 8.40. The molecule has 4 N–H and O–H groups in total. The molecule has 0 atom stereocenters. The van der Waals surface area contributed by atoms with Crippen LogP contribution < -0.4 is 0 Å². The number of rotatable bonds is 0. The van der Waals surface area contributed by atoms with Gasteiger partial charge in [0.1, 0.15) is 0 Å². The maximum absolute atomic E-state index is 14.5. The molecule has 256 valence electrons. The Balaban J connectivity index is 1.52. The van der Waals surface area contributed by atoms with Crippen molar-refractivity contribution < 1.29 is 249 Å². The van der Waals surface area contributed by atoms with Crippen LogP contribution in [0, 0.1) is 0 Å².